The second-order valence-electron chi connectivity index (χ2n) is 6.55. The van der Waals surface area contributed by atoms with Crippen molar-refractivity contribution in [2.24, 2.45) is 0 Å². The van der Waals surface area contributed by atoms with E-state index in [-0.39, 0.29) is 37.0 Å². The number of benzene rings is 2. The molecule has 1 saturated heterocycles. The molecule has 0 saturated carbocycles. The van der Waals surface area contributed by atoms with Gasteiger partial charge in [-0.25, -0.2) is 4.39 Å². The van der Waals surface area contributed by atoms with Crippen LogP contribution in [-0.4, -0.2) is 36.6 Å². The van der Waals surface area contributed by atoms with E-state index in [1.54, 1.807) is 35.2 Å². The van der Waals surface area contributed by atoms with E-state index in [4.69, 9.17) is 9.47 Å². The van der Waals surface area contributed by atoms with Gasteiger partial charge in [-0.2, -0.15) is 0 Å². The van der Waals surface area contributed by atoms with Crippen molar-refractivity contribution in [1.29, 1.82) is 0 Å². The molecule has 1 fully saturated rings. The second kappa shape index (κ2) is 7.26. The standard InChI is InChI=1S/C20H19FN2O4/c21-15-6-3-13(4-7-15)16-2-1-9-23(16)19(24)11-22-20(25)14-5-8-17-18(10-14)27-12-26-17/h3-8,10,16H,1-2,9,11-12H2,(H,22,25)/t16-/m1/s1. The maximum Gasteiger partial charge on any atom is 0.251 e. The fourth-order valence-corrected chi connectivity index (χ4v) is 3.49. The smallest absolute Gasteiger partial charge is 0.251 e. The van der Waals surface area contributed by atoms with Crippen LogP contribution in [0.5, 0.6) is 11.5 Å². The Bertz CT molecular complexity index is 869. The van der Waals surface area contributed by atoms with Gasteiger partial charge in [-0.05, 0) is 48.7 Å². The lowest BCUT2D eigenvalue weighted by atomic mass is 10.0. The minimum atomic E-state index is -0.348. The Morgan fingerprint density at radius 3 is 2.70 bits per heavy atom. The summed E-state index contributed by atoms with van der Waals surface area (Å²) in [4.78, 5) is 26.7. The molecule has 2 heterocycles. The predicted octanol–water partition coefficient (Wildman–Crippen LogP) is 2.65. The average molecular weight is 370 g/mol. The summed E-state index contributed by atoms with van der Waals surface area (Å²) in [7, 11) is 0. The number of fused-ring (bicyclic) bond motifs is 1. The first kappa shape index (κ1) is 17.3. The van der Waals surface area contributed by atoms with Crippen LogP contribution in [0.3, 0.4) is 0 Å². The Hall–Kier alpha value is -3.09. The van der Waals surface area contributed by atoms with Crippen molar-refractivity contribution in [3.63, 3.8) is 0 Å². The Morgan fingerprint density at radius 1 is 1.11 bits per heavy atom. The molecule has 2 aliphatic heterocycles. The summed E-state index contributed by atoms with van der Waals surface area (Å²) < 4.78 is 23.6. The van der Waals surface area contributed by atoms with Gasteiger partial charge in [-0.1, -0.05) is 12.1 Å². The highest BCUT2D eigenvalue weighted by atomic mass is 19.1. The van der Waals surface area contributed by atoms with Gasteiger partial charge >= 0.3 is 0 Å². The maximum absolute atomic E-state index is 13.1. The predicted molar refractivity (Wildman–Crippen MR) is 95.0 cm³/mol. The minimum Gasteiger partial charge on any atom is -0.454 e. The number of amides is 2. The number of halogens is 1. The number of rotatable bonds is 4. The highest BCUT2D eigenvalue weighted by Gasteiger charge is 2.30. The zero-order valence-electron chi connectivity index (χ0n) is 14.6. The molecule has 0 spiro atoms. The lowest BCUT2D eigenvalue weighted by molar-refractivity contribution is -0.131. The monoisotopic (exact) mass is 370 g/mol. The number of hydrogen-bond acceptors (Lipinski definition) is 4. The number of nitrogens with zero attached hydrogens (tertiary/aromatic N) is 1. The van der Waals surface area contributed by atoms with E-state index in [2.05, 4.69) is 5.32 Å². The van der Waals surface area contributed by atoms with Crippen molar-refractivity contribution >= 4 is 11.8 Å². The van der Waals surface area contributed by atoms with Gasteiger partial charge in [0.15, 0.2) is 11.5 Å². The number of ether oxygens (including phenoxy) is 2. The average Bonchev–Trinajstić information content (AvgIpc) is 3.35. The van der Waals surface area contributed by atoms with Gasteiger partial charge in [-0.15, -0.1) is 0 Å². The molecule has 140 valence electrons. The molecule has 1 atom stereocenters. The van der Waals surface area contributed by atoms with Crippen LogP contribution in [0.15, 0.2) is 42.5 Å². The first-order valence-electron chi connectivity index (χ1n) is 8.84. The molecule has 0 bridgehead atoms. The van der Waals surface area contributed by atoms with Crippen LogP contribution in [0, 0.1) is 5.82 Å². The summed E-state index contributed by atoms with van der Waals surface area (Å²) in [6.07, 6.45) is 1.71. The summed E-state index contributed by atoms with van der Waals surface area (Å²) >= 11 is 0. The summed E-state index contributed by atoms with van der Waals surface area (Å²) in [6.45, 7) is 0.671. The van der Waals surface area contributed by atoms with Gasteiger partial charge in [-0.3, -0.25) is 9.59 Å². The third kappa shape index (κ3) is 3.58. The van der Waals surface area contributed by atoms with E-state index in [1.807, 2.05) is 0 Å². The molecule has 2 aromatic carbocycles. The number of nitrogens with one attached hydrogen (secondary N) is 1. The number of carbonyl (C=O) groups excluding carboxylic acids is 2. The first-order chi connectivity index (χ1) is 13.1. The molecule has 0 radical (unpaired) electrons. The lowest BCUT2D eigenvalue weighted by Crippen LogP contribution is -2.39. The van der Waals surface area contributed by atoms with Crippen molar-refractivity contribution in [2.45, 2.75) is 18.9 Å². The van der Waals surface area contributed by atoms with Crippen LogP contribution in [0.1, 0.15) is 34.8 Å². The lowest BCUT2D eigenvalue weighted by Gasteiger charge is -2.25. The van der Waals surface area contributed by atoms with E-state index in [0.717, 1.165) is 18.4 Å². The maximum atomic E-state index is 13.1. The topological polar surface area (TPSA) is 67.9 Å². The fourth-order valence-electron chi connectivity index (χ4n) is 3.49. The third-order valence-corrected chi connectivity index (χ3v) is 4.86. The fraction of sp³-hybridized carbons (Fsp3) is 0.300. The van der Waals surface area contributed by atoms with Gasteiger partial charge in [0.1, 0.15) is 5.82 Å². The van der Waals surface area contributed by atoms with Gasteiger partial charge in [0, 0.05) is 12.1 Å². The molecule has 2 aliphatic rings. The molecule has 0 aliphatic carbocycles. The van der Waals surface area contributed by atoms with Crippen molar-refractivity contribution in [3.8, 4) is 11.5 Å². The van der Waals surface area contributed by atoms with E-state index < -0.39 is 0 Å². The number of carbonyl (C=O) groups is 2. The van der Waals surface area contributed by atoms with Crippen molar-refractivity contribution < 1.29 is 23.5 Å². The SMILES string of the molecule is O=C(NCC(=O)N1CCC[C@@H]1c1ccc(F)cc1)c1ccc2c(c1)OCO2. The normalized spacial score (nSPS) is 17.8. The van der Waals surface area contributed by atoms with Gasteiger partial charge in [0.2, 0.25) is 12.7 Å². The van der Waals surface area contributed by atoms with Gasteiger partial charge in [0.25, 0.3) is 5.91 Å². The van der Waals surface area contributed by atoms with Crippen molar-refractivity contribution in [1.82, 2.24) is 10.2 Å². The van der Waals surface area contributed by atoms with Crippen LogP contribution in [-0.2, 0) is 4.79 Å². The summed E-state index contributed by atoms with van der Waals surface area (Å²) in [6, 6.07) is 11.0. The Balaban J connectivity index is 1.38. The zero-order valence-corrected chi connectivity index (χ0v) is 14.6. The van der Waals surface area contributed by atoms with E-state index >= 15 is 0 Å². The summed E-state index contributed by atoms with van der Waals surface area (Å²) in [5, 5.41) is 2.66. The summed E-state index contributed by atoms with van der Waals surface area (Å²) in [5.41, 5.74) is 1.31. The first-order valence-corrected chi connectivity index (χ1v) is 8.84. The van der Waals surface area contributed by atoms with E-state index in [1.165, 1.54) is 12.1 Å². The van der Waals surface area contributed by atoms with Crippen LogP contribution in [0.25, 0.3) is 0 Å². The largest absolute Gasteiger partial charge is 0.454 e. The second-order valence-corrected chi connectivity index (χ2v) is 6.55. The van der Waals surface area contributed by atoms with Crippen LogP contribution >= 0.6 is 0 Å². The minimum absolute atomic E-state index is 0.0828. The molecule has 4 rings (SSSR count). The number of likely N-dealkylation sites (tertiary alicyclic amines) is 1. The van der Waals surface area contributed by atoms with Crippen LogP contribution in [0.4, 0.5) is 4.39 Å². The Labute approximate surface area is 155 Å². The Kier molecular flexibility index (Phi) is 4.66. The van der Waals surface area contributed by atoms with Crippen molar-refractivity contribution in [2.75, 3.05) is 19.9 Å². The molecular formula is C20H19FN2O4. The zero-order chi connectivity index (χ0) is 18.8. The third-order valence-electron chi connectivity index (χ3n) is 4.86. The molecule has 0 unspecified atom stereocenters. The highest BCUT2D eigenvalue weighted by Crippen LogP contribution is 2.33. The van der Waals surface area contributed by atoms with E-state index in [0.29, 0.717) is 23.6 Å². The van der Waals surface area contributed by atoms with Crippen LogP contribution < -0.4 is 14.8 Å². The molecular weight excluding hydrogens is 351 g/mol. The van der Waals surface area contributed by atoms with E-state index in [9.17, 15) is 14.0 Å². The number of hydrogen-bond donors (Lipinski definition) is 1. The molecule has 2 amide bonds. The molecule has 27 heavy (non-hydrogen) atoms. The Morgan fingerprint density at radius 2 is 1.89 bits per heavy atom. The highest BCUT2D eigenvalue weighted by molar-refractivity contribution is 5.97. The van der Waals surface area contributed by atoms with Crippen molar-refractivity contribution in [3.05, 3.63) is 59.4 Å². The van der Waals surface area contributed by atoms with Gasteiger partial charge in [0.05, 0.1) is 12.6 Å². The molecule has 7 heteroatoms. The molecule has 0 aromatic heterocycles. The van der Waals surface area contributed by atoms with Crippen LogP contribution in [0.2, 0.25) is 0 Å². The quantitative estimate of drug-likeness (QED) is 0.899. The molecule has 1 N–H and O–H groups in total. The molecule has 2 aromatic rings. The molecule has 6 nitrogen and oxygen atoms in total. The van der Waals surface area contributed by atoms with Gasteiger partial charge < -0.3 is 19.7 Å². The summed E-state index contributed by atoms with van der Waals surface area (Å²) in [5.74, 6) is 0.312.